The summed E-state index contributed by atoms with van der Waals surface area (Å²) in [5, 5.41) is 10.1. The number of nitrogens with zero attached hydrogens (tertiary/aromatic N) is 2. The Labute approximate surface area is 170 Å². The number of amides is 1. The zero-order valence-electron chi connectivity index (χ0n) is 16.8. The number of carbonyl (C=O) groups excluding carboxylic acids is 1. The maximum Gasteiger partial charge on any atom is 0.271 e. The Morgan fingerprint density at radius 3 is 2.66 bits per heavy atom. The molecule has 29 heavy (non-hydrogen) atoms. The molecule has 1 atom stereocenters. The van der Waals surface area contributed by atoms with Gasteiger partial charge in [-0.05, 0) is 62.7 Å². The topological polar surface area (TPSA) is 83.4 Å². The third kappa shape index (κ3) is 4.35. The van der Waals surface area contributed by atoms with Crippen molar-refractivity contribution in [3.63, 3.8) is 0 Å². The Morgan fingerprint density at radius 1 is 1.24 bits per heavy atom. The van der Waals surface area contributed by atoms with Gasteiger partial charge in [-0.1, -0.05) is 12.1 Å². The van der Waals surface area contributed by atoms with Gasteiger partial charge in [-0.25, -0.2) is 0 Å². The minimum absolute atomic E-state index is 0.124. The van der Waals surface area contributed by atoms with Crippen molar-refractivity contribution in [2.24, 2.45) is 0 Å². The van der Waals surface area contributed by atoms with Crippen LogP contribution in [0.4, 0.5) is 0 Å². The predicted molar refractivity (Wildman–Crippen MR) is 110 cm³/mol. The van der Waals surface area contributed by atoms with Crippen LogP contribution in [0.15, 0.2) is 46.9 Å². The van der Waals surface area contributed by atoms with Crippen molar-refractivity contribution in [3.05, 3.63) is 59.5 Å². The normalized spacial score (nSPS) is 15.4. The average molecular weight is 394 g/mol. The van der Waals surface area contributed by atoms with Gasteiger partial charge in [0.1, 0.15) is 17.2 Å². The molecule has 1 aromatic carbocycles. The molecule has 0 saturated carbocycles. The van der Waals surface area contributed by atoms with Crippen molar-refractivity contribution in [2.75, 3.05) is 26.7 Å². The van der Waals surface area contributed by atoms with Crippen LogP contribution in [0.3, 0.4) is 0 Å². The lowest BCUT2D eigenvalue weighted by molar-refractivity contribution is 0.0933. The number of hydrogen-bond donors (Lipinski definition) is 2. The van der Waals surface area contributed by atoms with E-state index in [0.717, 1.165) is 24.6 Å². The molecule has 1 saturated heterocycles. The Kier molecular flexibility index (Phi) is 5.67. The van der Waals surface area contributed by atoms with Gasteiger partial charge in [0.15, 0.2) is 11.5 Å². The number of furan rings is 1. The number of methoxy groups -OCH3 is 1. The highest BCUT2D eigenvalue weighted by Crippen LogP contribution is 2.26. The molecule has 152 valence electrons. The van der Waals surface area contributed by atoms with Gasteiger partial charge in [0.2, 0.25) is 0 Å². The first kappa shape index (κ1) is 19.3. The number of aromatic nitrogens is 2. The number of carbonyl (C=O) groups is 1. The van der Waals surface area contributed by atoms with E-state index in [1.54, 1.807) is 13.2 Å². The summed E-state index contributed by atoms with van der Waals surface area (Å²) in [7, 11) is 1.66. The number of aromatic amines is 1. The number of hydrogen-bond acceptors (Lipinski definition) is 5. The summed E-state index contributed by atoms with van der Waals surface area (Å²) < 4.78 is 10.9. The number of H-pyrrole nitrogens is 1. The standard InChI is InChI=1S/C22H26N4O3/c1-15-5-10-21(29-15)18-13-19(25-24-18)22(27)23-14-20(26-11-3-4-12-26)16-6-8-17(28-2)9-7-16/h5-10,13,20H,3-4,11-12,14H2,1-2H3,(H,23,27)(H,24,25). The summed E-state index contributed by atoms with van der Waals surface area (Å²) in [6.45, 7) is 4.48. The van der Waals surface area contributed by atoms with Crippen molar-refractivity contribution in [2.45, 2.75) is 25.8 Å². The average Bonchev–Trinajstić information content (AvgIpc) is 3.50. The summed E-state index contributed by atoms with van der Waals surface area (Å²) >= 11 is 0. The highest BCUT2D eigenvalue weighted by molar-refractivity contribution is 5.93. The molecule has 1 aliphatic rings. The zero-order chi connectivity index (χ0) is 20.2. The van der Waals surface area contributed by atoms with Crippen LogP contribution in [0.5, 0.6) is 5.75 Å². The molecule has 1 fully saturated rings. The van der Waals surface area contributed by atoms with Crippen LogP contribution in [0.2, 0.25) is 0 Å². The summed E-state index contributed by atoms with van der Waals surface area (Å²) in [6, 6.07) is 13.6. The Morgan fingerprint density at radius 2 is 2.00 bits per heavy atom. The third-order valence-electron chi connectivity index (χ3n) is 5.35. The molecule has 7 nitrogen and oxygen atoms in total. The summed E-state index contributed by atoms with van der Waals surface area (Å²) in [4.78, 5) is 15.1. The Bertz CT molecular complexity index is 955. The van der Waals surface area contributed by atoms with Crippen LogP contribution in [0.1, 0.15) is 40.7 Å². The molecule has 0 spiro atoms. The molecule has 2 N–H and O–H groups in total. The maximum absolute atomic E-state index is 12.7. The van der Waals surface area contributed by atoms with E-state index in [2.05, 4.69) is 32.5 Å². The highest BCUT2D eigenvalue weighted by Gasteiger charge is 2.24. The van der Waals surface area contributed by atoms with Crippen molar-refractivity contribution in [1.82, 2.24) is 20.4 Å². The maximum atomic E-state index is 12.7. The molecule has 3 aromatic rings. The van der Waals surface area contributed by atoms with Crippen LogP contribution < -0.4 is 10.1 Å². The molecule has 1 amide bonds. The number of likely N-dealkylation sites (tertiary alicyclic amines) is 1. The van der Waals surface area contributed by atoms with Crippen molar-refractivity contribution in [3.8, 4) is 17.2 Å². The molecule has 7 heteroatoms. The van der Waals surface area contributed by atoms with Gasteiger partial charge in [0.05, 0.1) is 13.2 Å². The third-order valence-corrected chi connectivity index (χ3v) is 5.35. The highest BCUT2D eigenvalue weighted by atomic mass is 16.5. The van der Waals surface area contributed by atoms with E-state index in [9.17, 15) is 4.79 Å². The number of rotatable bonds is 7. The fraction of sp³-hybridized carbons (Fsp3) is 0.364. The van der Waals surface area contributed by atoms with Gasteiger partial charge >= 0.3 is 0 Å². The fourth-order valence-corrected chi connectivity index (χ4v) is 3.76. The first-order chi connectivity index (χ1) is 14.1. The lowest BCUT2D eigenvalue weighted by atomic mass is 10.1. The SMILES string of the molecule is COc1ccc(C(CNC(=O)c2cc(-c3ccc(C)o3)[nH]n2)N2CCCC2)cc1. The molecule has 0 bridgehead atoms. The van der Waals surface area contributed by atoms with Crippen LogP contribution in [0, 0.1) is 6.92 Å². The van der Waals surface area contributed by atoms with Gasteiger partial charge < -0.3 is 14.5 Å². The first-order valence-electron chi connectivity index (χ1n) is 9.92. The second-order valence-electron chi connectivity index (χ2n) is 7.32. The number of ether oxygens (including phenoxy) is 1. The summed E-state index contributed by atoms with van der Waals surface area (Å²) in [6.07, 6.45) is 2.37. The molecule has 1 aliphatic heterocycles. The van der Waals surface area contributed by atoms with E-state index in [1.807, 2.05) is 31.2 Å². The van der Waals surface area contributed by atoms with Crippen molar-refractivity contribution < 1.29 is 13.9 Å². The number of nitrogens with one attached hydrogen (secondary N) is 2. The molecule has 1 unspecified atom stereocenters. The van der Waals surface area contributed by atoms with E-state index in [4.69, 9.17) is 9.15 Å². The van der Waals surface area contributed by atoms with E-state index in [-0.39, 0.29) is 11.9 Å². The molecule has 4 rings (SSSR count). The van der Waals surface area contributed by atoms with Gasteiger partial charge in [0.25, 0.3) is 5.91 Å². The van der Waals surface area contributed by atoms with Crippen LogP contribution >= 0.6 is 0 Å². The van der Waals surface area contributed by atoms with Gasteiger partial charge in [0, 0.05) is 12.6 Å². The lowest BCUT2D eigenvalue weighted by Crippen LogP contribution is -2.36. The second-order valence-corrected chi connectivity index (χ2v) is 7.32. The summed E-state index contributed by atoms with van der Waals surface area (Å²) in [5.41, 5.74) is 2.21. The predicted octanol–water partition coefficient (Wildman–Crippen LogP) is 3.55. The Hall–Kier alpha value is -3.06. The fourth-order valence-electron chi connectivity index (χ4n) is 3.76. The Balaban J connectivity index is 1.45. The quantitative estimate of drug-likeness (QED) is 0.640. The lowest BCUT2D eigenvalue weighted by Gasteiger charge is -2.28. The van der Waals surface area contributed by atoms with Crippen LogP contribution in [-0.4, -0.2) is 47.7 Å². The van der Waals surface area contributed by atoms with Crippen LogP contribution in [-0.2, 0) is 0 Å². The first-order valence-corrected chi connectivity index (χ1v) is 9.92. The van der Waals surface area contributed by atoms with Crippen molar-refractivity contribution >= 4 is 5.91 Å². The molecule has 0 aliphatic carbocycles. The summed E-state index contributed by atoms with van der Waals surface area (Å²) in [5.74, 6) is 2.11. The van der Waals surface area contributed by atoms with Gasteiger partial charge in [-0.2, -0.15) is 5.10 Å². The minimum atomic E-state index is -0.200. The molecule has 3 heterocycles. The van der Waals surface area contributed by atoms with E-state index < -0.39 is 0 Å². The largest absolute Gasteiger partial charge is 0.497 e. The zero-order valence-corrected chi connectivity index (χ0v) is 16.8. The van der Waals surface area contributed by atoms with E-state index in [1.165, 1.54) is 18.4 Å². The van der Waals surface area contributed by atoms with Crippen molar-refractivity contribution in [1.29, 1.82) is 0 Å². The number of benzene rings is 1. The molecular formula is C22H26N4O3. The molecular weight excluding hydrogens is 368 g/mol. The van der Waals surface area contributed by atoms with Crippen LogP contribution in [0.25, 0.3) is 11.5 Å². The smallest absolute Gasteiger partial charge is 0.271 e. The minimum Gasteiger partial charge on any atom is -0.497 e. The van der Waals surface area contributed by atoms with Gasteiger partial charge in [-0.3, -0.25) is 14.8 Å². The second kappa shape index (κ2) is 8.53. The number of aryl methyl sites for hydroxylation is 1. The molecule has 2 aromatic heterocycles. The molecule has 0 radical (unpaired) electrons. The van der Waals surface area contributed by atoms with Gasteiger partial charge in [-0.15, -0.1) is 0 Å². The van der Waals surface area contributed by atoms with E-state index >= 15 is 0 Å². The van der Waals surface area contributed by atoms with E-state index in [0.29, 0.717) is 23.7 Å². The monoisotopic (exact) mass is 394 g/mol.